The van der Waals surface area contributed by atoms with Crippen LogP contribution in [0.1, 0.15) is 16.1 Å². The van der Waals surface area contributed by atoms with Crippen LogP contribution in [-0.4, -0.2) is 21.6 Å². The minimum Gasteiger partial charge on any atom is -0.477 e. The molecule has 0 aliphatic heterocycles. The van der Waals surface area contributed by atoms with Crippen molar-refractivity contribution in [3.05, 3.63) is 52.3 Å². The van der Waals surface area contributed by atoms with E-state index in [0.29, 0.717) is 11.3 Å². The van der Waals surface area contributed by atoms with E-state index < -0.39 is 5.97 Å². The molecule has 6 heteroatoms. The SMILES string of the molecule is Cc1ccn(CC(=O)Nc2ccccc2Br)c1C(=O)O. The largest absolute Gasteiger partial charge is 0.477 e. The second-order valence-electron chi connectivity index (χ2n) is 4.31. The second kappa shape index (κ2) is 5.92. The Labute approximate surface area is 124 Å². The zero-order chi connectivity index (χ0) is 14.7. The van der Waals surface area contributed by atoms with E-state index in [1.54, 1.807) is 25.3 Å². The predicted octanol–water partition coefficient (Wildman–Crippen LogP) is 2.90. The smallest absolute Gasteiger partial charge is 0.352 e. The molecule has 2 rings (SSSR count). The molecule has 0 unspecified atom stereocenters. The van der Waals surface area contributed by atoms with Crippen LogP contribution in [0.5, 0.6) is 0 Å². The molecule has 2 N–H and O–H groups in total. The number of hydrogen-bond acceptors (Lipinski definition) is 2. The van der Waals surface area contributed by atoms with E-state index in [9.17, 15) is 9.59 Å². The Morgan fingerprint density at radius 2 is 2.00 bits per heavy atom. The van der Waals surface area contributed by atoms with Crippen LogP contribution in [-0.2, 0) is 11.3 Å². The summed E-state index contributed by atoms with van der Waals surface area (Å²) in [7, 11) is 0. The standard InChI is InChI=1S/C14H13BrN2O3/c1-9-6-7-17(13(9)14(19)20)8-12(18)16-11-5-3-2-4-10(11)15/h2-7H,8H2,1H3,(H,16,18)(H,19,20). The predicted molar refractivity (Wildman–Crippen MR) is 78.9 cm³/mol. The van der Waals surface area contributed by atoms with Crippen LogP contribution in [0.4, 0.5) is 5.69 Å². The molecule has 1 aromatic carbocycles. The van der Waals surface area contributed by atoms with Crippen LogP contribution in [0.3, 0.4) is 0 Å². The van der Waals surface area contributed by atoms with Crippen molar-refractivity contribution in [2.75, 3.05) is 5.32 Å². The van der Waals surface area contributed by atoms with Crippen molar-refractivity contribution in [1.29, 1.82) is 0 Å². The molecule has 0 atom stereocenters. The van der Waals surface area contributed by atoms with Crippen LogP contribution >= 0.6 is 15.9 Å². The Morgan fingerprint density at radius 1 is 1.30 bits per heavy atom. The first kappa shape index (κ1) is 14.3. The molecular weight excluding hydrogens is 324 g/mol. The molecule has 0 spiro atoms. The lowest BCUT2D eigenvalue weighted by atomic mass is 10.3. The van der Waals surface area contributed by atoms with Crippen molar-refractivity contribution < 1.29 is 14.7 Å². The number of anilines is 1. The Hall–Kier alpha value is -2.08. The Morgan fingerprint density at radius 3 is 2.65 bits per heavy atom. The highest BCUT2D eigenvalue weighted by atomic mass is 79.9. The van der Waals surface area contributed by atoms with E-state index in [2.05, 4.69) is 21.2 Å². The maximum atomic E-state index is 12.0. The summed E-state index contributed by atoms with van der Waals surface area (Å²) in [4.78, 5) is 23.1. The lowest BCUT2D eigenvalue weighted by Gasteiger charge is -2.09. The number of aromatic carboxylic acids is 1. The van der Waals surface area contributed by atoms with Crippen molar-refractivity contribution >= 4 is 33.5 Å². The van der Waals surface area contributed by atoms with Gasteiger partial charge in [-0.25, -0.2) is 4.79 Å². The number of carbonyl (C=O) groups is 2. The van der Waals surface area contributed by atoms with Crippen molar-refractivity contribution in [2.45, 2.75) is 13.5 Å². The quantitative estimate of drug-likeness (QED) is 0.901. The van der Waals surface area contributed by atoms with E-state index in [-0.39, 0.29) is 18.1 Å². The number of amides is 1. The van der Waals surface area contributed by atoms with Gasteiger partial charge in [-0.05, 0) is 46.6 Å². The van der Waals surface area contributed by atoms with E-state index in [0.717, 1.165) is 4.47 Å². The maximum absolute atomic E-state index is 12.0. The van der Waals surface area contributed by atoms with Gasteiger partial charge < -0.3 is 15.0 Å². The average Bonchev–Trinajstić information content (AvgIpc) is 2.73. The third-order valence-electron chi connectivity index (χ3n) is 2.83. The number of benzene rings is 1. The zero-order valence-corrected chi connectivity index (χ0v) is 12.3. The maximum Gasteiger partial charge on any atom is 0.352 e. The molecule has 20 heavy (non-hydrogen) atoms. The number of para-hydroxylation sites is 1. The fraction of sp³-hybridized carbons (Fsp3) is 0.143. The number of carboxylic acids is 1. The fourth-order valence-electron chi connectivity index (χ4n) is 1.91. The number of hydrogen-bond donors (Lipinski definition) is 2. The minimum atomic E-state index is -1.04. The first-order valence-electron chi connectivity index (χ1n) is 5.92. The summed E-state index contributed by atoms with van der Waals surface area (Å²) in [6, 6.07) is 8.91. The lowest BCUT2D eigenvalue weighted by Crippen LogP contribution is -2.21. The van der Waals surface area contributed by atoms with Crippen LogP contribution in [0.15, 0.2) is 41.0 Å². The van der Waals surface area contributed by atoms with Gasteiger partial charge in [-0.15, -0.1) is 0 Å². The van der Waals surface area contributed by atoms with E-state index in [1.165, 1.54) is 4.57 Å². The molecule has 1 aromatic heterocycles. The number of nitrogens with zero attached hydrogens (tertiary/aromatic N) is 1. The van der Waals surface area contributed by atoms with Crippen molar-refractivity contribution in [3.8, 4) is 0 Å². The number of aryl methyl sites for hydroxylation is 1. The topological polar surface area (TPSA) is 71.3 Å². The number of nitrogens with one attached hydrogen (secondary N) is 1. The summed E-state index contributed by atoms with van der Waals surface area (Å²) in [6.45, 7) is 1.66. The number of halogens is 1. The number of aromatic nitrogens is 1. The fourth-order valence-corrected chi connectivity index (χ4v) is 2.30. The Bertz CT molecular complexity index is 664. The van der Waals surface area contributed by atoms with Gasteiger partial charge in [-0.1, -0.05) is 12.1 Å². The highest BCUT2D eigenvalue weighted by molar-refractivity contribution is 9.10. The molecule has 1 heterocycles. The number of carbonyl (C=O) groups excluding carboxylic acids is 1. The first-order valence-corrected chi connectivity index (χ1v) is 6.71. The van der Waals surface area contributed by atoms with Crippen LogP contribution in [0.25, 0.3) is 0 Å². The first-order chi connectivity index (χ1) is 9.49. The molecule has 0 radical (unpaired) electrons. The Kier molecular flexibility index (Phi) is 4.24. The van der Waals surface area contributed by atoms with Crippen molar-refractivity contribution in [2.24, 2.45) is 0 Å². The monoisotopic (exact) mass is 336 g/mol. The van der Waals surface area contributed by atoms with Gasteiger partial charge in [0, 0.05) is 10.7 Å². The average molecular weight is 337 g/mol. The molecule has 0 aliphatic carbocycles. The van der Waals surface area contributed by atoms with Gasteiger partial charge in [0.05, 0.1) is 5.69 Å². The molecule has 0 aliphatic rings. The van der Waals surface area contributed by atoms with Gasteiger partial charge in [0.2, 0.25) is 5.91 Å². The molecule has 2 aromatic rings. The highest BCUT2D eigenvalue weighted by Crippen LogP contribution is 2.21. The number of rotatable bonds is 4. The van der Waals surface area contributed by atoms with Crippen LogP contribution in [0, 0.1) is 6.92 Å². The molecule has 0 saturated carbocycles. The third kappa shape index (κ3) is 3.08. The summed E-state index contributed by atoms with van der Waals surface area (Å²) in [5.41, 5.74) is 1.41. The van der Waals surface area contributed by atoms with Crippen molar-refractivity contribution in [3.63, 3.8) is 0 Å². The molecule has 1 amide bonds. The third-order valence-corrected chi connectivity index (χ3v) is 3.52. The lowest BCUT2D eigenvalue weighted by molar-refractivity contribution is -0.116. The van der Waals surface area contributed by atoms with Crippen molar-refractivity contribution in [1.82, 2.24) is 4.57 Å². The van der Waals surface area contributed by atoms with Crippen LogP contribution < -0.4 is 5.32 Å². The number of carboxylic acid groups (broad SMARTS) is 1. The second-order valence-corrected chi connectivity index (χ2v) is 5.16. The summed E-state index contributed by atoms with van der Waals surface area (Å²) in [6.07, 6.45) is 1.60. The normalized spacial score (nSPS) is 10.3. The molecule has 5 nitrogen and oxygen atoms in total. The summed E-state index contributed by atoms with van der Waals surface area (Å²) < 4.78 is 2.19. The summed E-state index contributed by atoms with van der Waals surface area (Å²) >= 11 is 3.34. The van der Waals surface area contributed by atoms with Gasteiger partial charge in [0.1, 0.15) is 12.2 Å². The van der Waals surface area contributed by atoms with E-state index in [1.807, 2.05) is 18.2 Å². The highest BCUT2D eigenvalue weighted by Gasteiger charge is 2.15. The van der Waals surface area contributed by atoms with Gasteiger partial charge in [-0.3, -0.25) is 4.79 Å². The minimum absolute atomic E-state index is 0.0448. The molecule has 0 bridgehead atoms. The van der Waals surface area contributed by atoms with E-state index in [4.69, 9.17) is 5.11 Å². The summed E-state index contributed by atoms with van der Waals surface area (Å²) in [5, 5.41) is 11.9. The molecular formula is C14H13BrN2O3. The Balaban J connectivity index is 2.13. The van der Waals surface area contributed by atoms with Gasteiger partial charge in [0.25, 0.3) is 0 Å². The van der Waals surface area contributed by atoms with Gasteiger partial charge in [0.15, 0.2) is 0 Å². The zero-order valence-electron chi connectivity index (χ0n) is 10.8. The van der Waals surface area contributed by atoms with Gasteiger partial charge >= 0.3 is 5.97 Å². The van der Waals surface area contributed by atoms with Crippen LogP contribution in [0.2, 0.25) is 0 Å². The van der Waals surface area contributed by atoms with Gasteiger partial charge in [-0.2, -0.15) is 0 Å². The molecule has 104 valence electrons. The summed E-state index contributed by atoms with van der Waals surface area (Å²) in [5.74, 6) is -1.32. The molecule has 0 saturated heterocycles. The molecule has 0 fully saturated rings. The van der Waals surface area contributed by atoms with E-state index >= 15 is 0 Å².